The van der Waals surface area contributed by atoms with Gasteiger partial charge in [-0.15, -0.1) is 6.58 Å². The van der Waals surface area contributed by atoms with E-state index in [-0.39, 0.29) is 11.9 Å². The first-order valence-corrected chi connectivity index (χ1v) is 7.08. The van der Waals surface area contributed by atoms with Crippen molar-refractivity contribution in [3.05, 3.63) is 84.4 Å². The molecule has 2 rings (SSSR count). The van der Waals surface area contributed by atoms with Gasteiger partial charge in [-0.25, -0.2) is 5.43 Å². The molecule has 2 aromatic rings. The lowest BCUT2D eigenvalue weighted by atomic mass is 10.2. The number of nitrogens with one attached hydrogen (secondary N) is 2. The van der Waals surface area contributed by atoms with Crippen LogP contribution in [0.15, 0.2) is 73.3 Å². The zero-order valence-electron chi connectivity index (χ0n) is 12.3. The van der Waals surface area contributed by atoms with E-state index in [9.17, 15) is 4.79 Å². The van der Waals surface area contributed by atoms with Crippen molar-refractivity contribution in [3.63, 3.8) is 0 Å². The Kier molecular flexibility index (Phi) is 5.98. The minimum atomic E-state index is -0.189. The molecule has 0 radical (unpaired) electrons. The van der Waals surface area contributed by atoms with Gasteiger partial charge < -0.3 is 0 Å². The van der Waals surface area contributed by atoms with E-state index in [1.165, 1.54) is 0 Å². The minimum Gasteiger partial charge on any atom is -0.286 e. The molecule has 0 bridgehead atoms. The lowest BCUT2D eigenvalue weighted by molar-refractivity contribution is 0.0929. The van der Waals surface area contributed by atoms with Gasteiger partial charge in [0.1, 0.15) is 0 Å². The van der Waals surface area contributed by atoms with Gasteiger partial charge in [0.2, 0.25) is 0 Å². The minimum absolute atomic E-state index is 0.184. The summed E-state index contributed by atoms with van der Waals surface area (Å²) in [5, 5.41) is 0. The maximum absolute atomic E-state index is 12.0. The van der Waals surface area contributed by atoms with E-state index in [0.29, 0.717) is 12.0 Å². The average Bonchev–Trinajstić information content (AvgIpc) is 2.59. The molecule has 3 nitrogen and oxygen atoms in total. The predicted octanol–water partition coefficient (Wildman–Crippen LogP) is 2.92. The lowest BCUT2D eigenvalue weighted by Gasteiger charge is -2.12. The number of hydrogen-bond acceptors (Lipinski definition) is 2. The fourth-order valence-electron chi connectivity index (χ4n) is 1.83. The van der Waals surface area contributed by atoms with Crippen LogP contribution < -0.4 is 10.9 Å². The van der Waals surface area contributed by atoms with E-state index < -0.39 is 0 Å². The molecular formula is C19H18N2O. The zero-order valence-corrected chi connectivity index (χ0v) is 12.3. The van der Waals surface area contributed by atoms with Crippen molar-refractivity contribution in [2.24, 2.45) is 0 Å². The second-order valence-electron chi connectivity index (χ2n) is 4.68. The highest BCUT2D eigenvalue weighted by atomic mass is 16.2. The van der Waals surface area contributed by atoms with Crippen LogP contribution in [0.3, 0.4) is 0 Å². The first-order chi connectivity index (χ1) is 10.8. The van der Waals surface area contributed by atoms with Crippen LogP contribution in [0.4, 0.5) is 0 Å². The van der Waals surface area contributed by atoms with Crippen LogP contribution in [0.5, 0.6) is 0 Å². The molecule has 0 fully saturated rings. The highest BCUT2D eigenvalue weighted by Crippen LogP contribution is 1.99. The van der Waals surface area contributed by atoms with Crippen molar-refractivity contribution in [1.29, 1.82) is 0 Å². The van der Waals surface area contributed by atoms with Crippen molar-refractivity contribution in [1.82, 2.24) is 10.9 Å². The Morgan fingerprint density at radius 3 is 2.36 bits per heavy atom. The number of rotatable bonds is 5. The van der Waals surface area contributed by atoms with Crippen molar-refractivity contribution in [2.45, 2.75) is 12.5 Å². The average molecular weight is 290 g/mol. The molecule has 1 atom stereocenters. The SMILES string of the molecule is C=CC[C@@H](C#Cc1ccccc1)NNC(=O)c1ccccc1. The zero-order chi connectivity index (χ0) is 15.6. The molecule has 0 saturated carbocycles. The molecule has 0 saturated heterocycles. The van der Waals surface area contributed by atoms with Gasteiger partial charge in [0, 0.05) is 11.1 Å². The third-order valence-electron chi connectivity index (χ3n) is 2.96. The Morgan fingerprint density at radius 2 is 1.73 bits per heavy atom. The molecule has 0 aromatic heterocycles. The first-order valence-electron chi connectivity index (χ1n) is 7.08. The number of carbonyl (C=O) groups is 1. The highest BCUT2D eigenvalue weighted by Gasteiger charge is 2.07. The van der Waals surface area contributed by atoms with E-state index >= 15 is 0 Å². The van der Waals surface area contributed by atoms with Gasteiger partial charge >= 0.3 is 0 Å². The number of carbonyl (C=O) groups excluding carboxylic acids is 1. The molecule has 2 N–H and O–H groups in total. The second kappa shape index (κ2) is 8.46. The summed E-state index contributed by atoms with van der Waals surface area (Å²) in [5.41, 5.74) is 7.16. The number of hydrogen-bond donors (Lipinski definition) is 2. The van der Waals surface area contributed by atoms with Crippen LogP contribution in [0.1, 0.15) is 22.3 Å². The summed E-state index contributed by atoms with van der Waals surface area (Å²) in [6.45, 7) is 3.72. The molecular weight excluding hydrogens is 272 g/mol. The van der Waals surface area contributed by atoms with E-state index in [1.807, 2.05) is 48.5 Å². The Bertz CT molecular complexity index is 669. The van der Waals surface area contributed by atoms with Crippen LogP contribution in [0.25, 0.3) is 0 Å². The summed E-state index contributed by atoms with van der Waals surface area (Å²) < 4.78 is 0. The van der Waals surface area contributed by atoms with Gasteiger partial charge in [0.15, 0.2) is 0 Å². The van der Waals surface area contributed by atoms with Gasteiger partial charge in [0.05, 0.1) is 6.04 Å². The molecule has 0 aliphatic carbocycles. The summed E-state index contributed by atoms with van der Waals surface area (Å²) in [7, 11) is 0. The summed E-state index contributed by atoms with van der Waals surface area (Å²) in [4.78, 5) is 12.0. The summed E-state index contributed by atoms with van der Waals surface area (Å²) >= 11 is 0. The Balaban J connectivity index is 1.96. The van der Waals surface area contributed by atoms with Crippen molar-refractivity contribution in [2.75, 3.05) is 0 Å². The summed E-state index contributed by atoms with van der Waals surface area (Å²) in [5.74, 6) is 5.99. The largest absolute Gasteiger partial charge is 0.286 e. The standard InChI is InChI=1S/C19H18N2O/c1-2-9-18(15-14-16-10-5-3-6-11-16)20-21-19(22)17-12-7-4-8-13-17/h2-8,10-13,18,20H,1,9H2,(H,21,22)/t18-/m0/s1. The van der Waals surface area contributed by atoms with Crippen LogP contribution in [0.2, 0.25) is 0 Å². The van der Waals surface area contributed by atoms with E-state index in [4.69, 9.17) is 0 Å². The molecule has 0 aliphatic heterocycles. The highest BCUT2D eigenvalue weighted by molar-refractivity contribution is 5.93. The normalized spacial score (nSPS) is 10.9. The molecule has 0 spiro atoms. The maximum Gasteiger partial charge on any atom is 0.265 e. The van der Waals surface area contributed by atoms with Crippen LogP contribution >= 0.6 is 0 Å². The molecule has 110 valence electrons. The molecule has 0 aliphatic rings. The van der Waals surface area contributed by atoms with Crippen molar-refractivity contribution in [3.8, 4) is 11.8 Å². The molecule has 0 unspecified atom stereocenters. The smallest absolute Gasteiger partial charge is 0.265 e. The Morgan fingerprint density at radius 1 is 1.09 bits per heavy atom. The summed E-state index contributed by atoms with van der Waals surface area (Å²) in [6, 6.07) is 18.6. The Hall–Kier alpha value is -2.83. The molecule has 3 heteroatoms. The van der Waals surface area contributed by atoms with Crippen molar-refractivity contribution < 1.29 is 4.79 Å². The van der Waals surface area contributed by atoms with E-state index in [2.05, 4.69) is 29.3 Å². The molecule has 2 aromatic carbocycles. The fraction of sp³-hybridized carbons (Fsp3) is 0.105. The number of hydrazine groups is 1. The van der Waals surface area contributed by atoms with E-state index in [0.717, 1.165) is 5.56 Å². The maximum atomic E-state index is 12.0. The second-order valence-corrected chi connectivity index (χ2v) is 4.68. The third kappa shape index (κ3) is 4.93. The van der Waals surface area contributed by atoms with E-state index in [1.54, 1.807) is 18.2 Å². The first kappa shape index (κ1) is 15.6. The van der Waals surface area contributed by atoms with Crippen LogP contribution in [-0.4, -0.2) is 11.9 Å². The lowest BCUT2D eigenvalue weighted by Crippen LogP contribution is -2.43. The number of amides is 1. The molecule has 0 heterocycles. The monoisotopic (exact) mass is 290 g/mol. The molecule has 1 amide bonds. The van der Waals surface area contributed by atoms with Gasteiger partial charge in [-0.3, -0.25) is 10.2 Å². The fourth-order valence-corrected chi connectivity index (χ4v) is 1.83. The molecule has 22 heavy (non-hydrogen) atoms. The van der Waals surface area contributed by atoms with Crippen LogP contribution in [-0.2, 0) is 0 Å². The van der Waals surface area contributed by atoms with Crippen LogP contribution in [0, 0.1) is 11.8 Å². The third-order valence-corrected chi connectivity index (χ3v) is 2.96. The Labute approximate surface area is 131 Å². The van der Waals surface area contributed by atoms with Crippen molar-refractivity contribution >= 4 is 5.91 Å². The topological polar surface area (TPSA) is 41.1 Å². The number of benzene rings is 2. The van der Waals surface area contributed by atoms with Gasteiger partial charge in [0.25, 0.3) is 5.91 Å². The van der Waals surface area contributed by atoms with Gasteiger partial charge in [-0.05, 0) is 30.7 Å². The van der Waals surface area contributed by atoms with Gasteiger partial charge in [-0.1, -0.05) is 54.3 Å². The summed E-state index contributed by atoms with van der Waals surface area (Å²) in [6.07, 6.45) is 2.40. The quantitative estimate of drug-likeness (QED) is 0.505. The predicted molar refractivity (Wildman–Crippen MR) is 89.0 cm³/mol. The van der Waals surface area contributed by atoms with Gasteiger partial charge in [-0.2, -0.15) is 0 Å².